The molecule has 0 fully saturated rings. The van der Waals surface area contributed by atoms with Crippen molar-refractivity contribution in [3.05, 3.63) is 53.1 Å². The molecule has 0 spiro atoms. The Balaban J connectivity index is 1.88. The van der Waals surface area contributed by atoms with E-state index >= 15 is 0 Å². The SMILES string of the molecule is COc1c2c(cc3c1[C@@H](OC)[C@@H](OC)[C@H](c1ccc(O)cc1)O3)OC(C)(C)C=C2. The van der Waals surface area contributed by atoms with E-state index in [0.29, 0.717) is 17.2 Å². The number of hydrogen-bond acceptors (Lipinski definition) is 6. The Kier molecular flexibility index (Phi) is 4.92. The van der Waals surface area contributed by atoms with Crippen LogP contribution in [0.15, 0.2) is 36.4 Å². The Morgan fingerprint density at radius 3 is 2.34 bits per heavy atom. The van der Waals surface area contributed by atoms with Crippen molar-refractivity contribution in [2.45, 2.75) is 37.8 Å². The van der Waals surface area contributed by atoms with Gasteiger partial charge in [0.1, 0.15) is 40.8 Å². The number of aromatic hydroxyl groups is 1. The lowest BCUT2D eigenvalue weighted by Crippen LogP contribution is -2.37. The molecule has 2 aliphatic rings. The van der Waals surface area contributed by atoms with Crippen LogP contribution in [0.2, 0.25) is 0 Å². The van der Waals surface area contributed by atoms with Crippen molar-refractivity contribution in [3.8, 4) is 23.0 Å². The second-order valence-electron chi connectivity index (χ2n) is 7.76. The molecule has 0 unspecified atom stereocenters. The summed E-state index contributed by atoms with van der Waals surface area (Å²) >= 11 is 0. The van der Waals surface area contributed by atoms with Crippen LogP contribution in [0.5, 0.6) is 23.0 Å². The molecule has 1 N–H and O–H groups in total. The van der Waals surface area contributed by atoms with E-state index in [1.807, 2.05) is 44.2 Å². The summed E-state index contributed by atoms with van der Waals surface area (Å²) < 4.78 is 30.0. The third kappa shape index (κ3) is 3.32. The maximum Gasteiger partial charge on any atom is 0.153 e. The minimum Gasteiger partial charge on any atom is -0.508 e. The fraction of sp³-hybridized carbons (Fsp3) is 0.391. The lowest BCUT2D eigenvalue weighted by molar-refractivity contribution is -0.107. The van der Waals surface area contributed by atoms with Gasteiger partial charge in [-0.3, -0.25) is 0 Å². The molecular formula is C23H26O6. The van der Waals surface area contributed by atoms with Crippen molar-refractivity contribution in [1.29, 1.82) is 0 Å². The van der Waals surface area contributed by atoms with Crippen molar-refractivity contribution in [3.63, 3.8) is 0 Å². The Morgan fingerprint density at radius 2 is 1.72 bits per heavy atom. The summed E-state index contributed by atoms with van der Waals surface area (Å²) in [6.45, 7) is 3.99. The molecule has 0 radical (unpaired) electrons. The molecule has 6 heteroatoms. The van der Waals surface area contributed by atoms with Gasteiger partial charge in [0, 0.05) is 20.3 Å². The van der Waals surface area contributed by atoms with E-state index in [4.69, 9.17) is 23.7 Å². The highest BCUT2D eigenvalue weighted by Gasteiger charge is 2.43. The summed E-state index contributed by atoms with van der Waals surface area (Å²) in [5.41, 5.74) is 2.10. The van der Waals surface area contributed by atoms with Gasteiger partial charge < -0.3 is 28.8 Å². The molecule has 0 amide bonds. The number of hydrogen-bond donors (Lipinski definition) is 1. The van der Waals surface area contributed by atoms with Gasteiger partial charge in [-0.05, 0) is 43.7 Å². The van der Waals surface area contributed by atoms with Gasteiger partial charge in [0.05, 0.1) is 18.2 Å². The Hall–Kier alpha value is -2.70. The molecule has 0 saturated heterocycles. The van der Waals surface area contributed by atoms with Crippen molar-refractivity contribution in [2.24, 2.45) is 0 Å². The summed E-state index contributed by atoms with van der Waals surface area (Å²) in [7, 11) is 4.91. The van der Waals surface area contributed by atoms with Gasteiger partial charge in [0.15, 0.2) is 6.10 Å². The van der Waals surface area contributed by atoms with E-state index in [-0.39, 0.29) is 5.75 Å². The first-order valence-electron chi connectivity index (χ1n) is 9.53. The average Bonchev–Trinajstić information content (AvgIpc) is 2.70. The summed E-state index contributed by atoms with van der Waals surface area (Å²) in [4.78, 5) is 0. The highest BCUT2D eigenvalue weighted by atomic mass is 16.6. The number of phenols is 1. The van der Waals surface area contributed by atoms with E-state index in [2.05, 4.69) is 0 Å². The molecule has 2 aliphatic heterocycles. The van der Waals surface area contributed by atoms with Crippen LogP contribution in [-0.4, -0.2) is 38.1 Å². The van der Waals surface area contributed by atoms with Gasteiger partial charge in [-0.1, -0.05) is 12.1 Å². The summed E-state index contributed by atoms with van der Waals surface area (Å²) in [5, 5.41) is 9.65. The molecule has 0 aliphatic carbocycles. The van der Waals surface area contributed by atoms with Crippen LogP contribution in [0.3, 0.4) is 0 Å². The molecule has 6 nitrogen and oxygen atoms in total. The lowest BCUT2D eigenvalue weighted by atomic mass is 9.88. The van der Waals surface area contributed by atoms with Crippen molar-refractivity contribution < 1.29 is 28.8 Å². The van der Waals surface area contributed by atoms with Gasteiger partial charge in [-0.2, -0.15) is 0 Å². The highest BCUT2D eigenvalue weighted by molar-refractivity contribution is 5.72. The normalized spacial score (nSPS) is 24.1. The third-order valence-corrected chi connectivity index (χ3v) is 5.39. The second-order valence-corrected chi connectivity index (χ2v) is 7.76. The molecule has 2 heterocycles. The molecule has 2 aromatic carbocycles. The van der Waals surface area contributed by atoms with Crippen molar-refractivity contribution >= 4 is 6.08 Å². The quantitative estimate of drug-likeness (QED) is 0.822. The van der Waals surface area contributed by atoms with E-state index in [1.54, 1.807) is 33.5 Å². The predicted molar refractivity (Wildman–Crippen MR) is 109 cm³/mol. The van der Waals surface area contributed by atoms with Crippen LogP contribution in [0, 0.1) is 0 Å². The van der Waals surface area contributed by atoms with Gasteiger partial charge in [0.25, 0.3) is 0 Å². The van der Waals surface area contributed by atoms with Gasteiger partial charge >= 0.3 is 0 Å². The smallest absolute Gasteiger partial charge is 0.153 e. The van der Waals surface area contributed by atoms with Crippen LogP contribution < -0.4 is 14.2 Å². The maximum atomic E-state index is 9.65. The number of ether oxygens (including phenoxy) is 5. The summed E-state index contributed by atoms with van der Waals surface area (Å²) in [6.07, 6.45) is 2.77. The topological polar surface area (TPSA) is 66.4 Å². The molecule has 0 bridgehead atoms. The largest absolute Gasteiger partial charge is 0.508 e. The number of rotatable bonds is 4. The van der Waals surface area contributed by atoms with E-state index in [1.165, 1.54) is 0 Å². The van der Waals surface area contributed by atoms with Crippen molar-refractivity contribution in [1.82, 2.24) is 0 Å². The number of phenolic OH excluding ortho intramolecular Hbond substituents is 1. The minimum absolute atomic E-state index is 0.195. The molecule has 154 valence electrons. The van der Waals surface area contributed by atoms with Crippen LogP contribution >= 0.6 is 0 Å². The Morgan fingerprint density at radius 1 is 1.00 bits per heavy atom. The first-order chi connectivity index (χ1) is 13.9. The standard InChI is InChI=1S/C23H26O6/c1-23(2)11-10-15-16(29-23)12-17-18(20(15)25-3)21(26-4)22(27-5)19(28-17)13-6-8-14(24)9-7-13/h6-12,19,21-22,24H,1-5H3/t19-,21+,22-/m0/s1. The van der Waals surface area contributed by atoms with Crippen LogP contribution in [0.1, 0.15) is 42.7 Å². The molecular weight excluding hydrogens is 372 g/mol. The fourth-order valence-electron chi connectivity index (χ4n) is 4.02. The molecule has 2 aromatic rings. The highest BCUT2D eigenvalue weighted by Crippen LogP contribution is 2.53. The zero-order chi connectivity index (χ0) is 20.8. The second kappa shape index (κ2) is 7.28. The lowest BCUT2D eigenvalue weighted by Gasteiger charge is -2.40. The van der Waals surface area contributed by atoms with Gasteiger partial charge in [0.2, 0.25) is 0 Å². The first kappa shape index (κ1) is 19.6. The van der Waals surface area contributed by atoms with Crippen LogP contribution in [0.4, 0.5) is 0 Å². The van der Waals surface area contributed by atoms with E-state index in [9.17, 15) is 5.11 Å². The van der Waals surface area contributed by atoms with E-state index in [0.717, 1.165) is 16.7 Å². The Bertz CT molecular complexity index is 931. The predicted octanol–water partition coefficient (Wildman–Crippen LogP) is 4.42. The molecule has 4 rings (SSSR count). The van der Waals surface area contributed by atoms with Gasteiger partial charge in [-0.25, -0.2) is 0 Å². The van der Waals surface area contributed by atoms with E-state index < -0.39 is 23.9 Å². The average molecular weight is 398 g/mol. The first-order valence-corrected chi connectivity index (χ1v) is 9.53. The Labute approximate surface area is 170 Å². The molecule has 0 aromatic heterocycles. The van der Waals surface area contributed by atoms with Crippen LogP contribution in [0.25, 0.3) is 6.08 Å². The van der Waals surface area contributed by atoms with Crippen molar-refractivity contribution in [2.75, 3.05) is 21.3 Å². The zero-order valence-corrected chi connectivity index (χ0v) is 17.3. The number of benzene rings is 2. The number of methoxy groups -OCH3 is 3. The molecule has 3 atom stereocenters. The fourth-order valence-corrected chi connectivity index (χ4v) is 4.02. The maximum absolute atomic E-state index is 9.65. The monoisotopic (exact) mass is 398 g/mol. The van der Waals surface area contributed by atoms with Crippen LogP contribution in [-0.2, 0) is 9.47 Å². The minimum atomic E-state index is -0.424. The molecule has 29 heavy (non-hydrogen) atoms. The van der Waals surface area contributed by atoms with Gasteiger partial charge in [-0.15, -0.1) is 0 Å². The summed E-state index contributed by atoms with van der Waals surface area (Å²) in [5.74, 6) is 2.18. The summed E-state index contributed by atoms with van der Waals surface area (Å²) in [6, 6.07) is 8.80. The number of fused-ring (bicyclic) bond motifs is 2. The third-order valence-electron chi connectivity index (χ3n) is 5.39. The zero-order valence-electron chi connectivity index (χ0n) is 17.3. The molecule has 0 saturated carbocycles.